The van der Waals surface area contributed by atoms with Crippen LogP contribution < -0.4 is 5.32 Å². The van der Waals surface area contributed by atoms with Gasteiger partial charge in [-0.05, 0) is 25.8 Å². The van der Waals surface area contributed by atoms with Gasteiger partial charge in [0, 0.05) is 0 Å². The van der Waals surface area contributed by atoms with Crippen molar-refractivity contribution < 1.29 is 9.90 Å². The zero-order valence-electron chi connectivity index (χ0n) is 8.79. The maximum Gasteiger partial charge on any atom is 0.240 e. The Hall–Kier alpha value is -0.610. The van der Waals surface area contributed by atoms with Crippen LogP contribution in [0.2, 0.25) is 0 Å². The minimum Gasteiger partial charge on any atom is -0.386 e. The van der Waals surface area contributed by atoms with Crippen molar-refractivity contribution >= 4 is 5.91 Å². The summed E-state index contributed by atoms with van der Waals surface area (Å²) in [5, 5.41) is 12.7. The third-order valence-corrected chi connectivity index (χ3v) is 3.17. The molecule has 2 saturated heterocycles. The molecule has 0 radical (unpaired) electrons. The van der Waals surface area contributed by atoms with E-state index >= 15 is 0 Å². The molecule has 0 bridgehead atoms. The Kier molecular flexibility index (Phi) is 2.27. The van der Waals surface area contributed by atoms with E-state index in [2.05, 4.69) is 12.2 Å². The number of nitrogens with one attached hydrogen (secondary N) is 1. The molecule has 2 aliphatic rings. The molecule has 2 atom stereocenters. The maximum atomic E-state index is 11.9. The molecule has 1 amide bonds. The number of nitrogens with zero attached hydrogens (tertiary/aromatic N) is 1. The topological polar surface area (TPSA) is 52.6 Å². The van der Waals surface area contributed by atoms with Crippen LogP contribution in [0.25, 0.3) is 0 Å². The van der Waals surface area contributed by atoms with Gasteiger partial charge in [-0.25, -0.2) is 0 Å². The van der Waals surface area contributed by atoms with Gasteiger partial charge in [0.05, 0.1) is 24.7 Å². The van der Waals surface area contributed by atoms with Crippen LogP contribution in [0.15, 0.2) is 0 Å². The van der Waals surface area contributed by atoms with Crippen LogP contribution in [-0.2, 0) is 4.79 Å². The molecular formula is C10H18N2O2. The monoisotopic (exact) mass is 198 g/mol. The van der Waals surface area contributed by atoms with Crippen LogP contribution in [0, 0.1) is 5.92 Å². The molecule has 0 aromatic heterocycles. The Balaban J connectivity index is 1.90. The van der Waals surface area contributed by atoms with E-state index in [0.29, 0.717) is 19.0 Å². The van der Waals surface area contributed by atoms with E-state index in [-0.39, 0.29) is 11.9 Å². The van der Waals surface area contributed by atoms with Crippen LogP contribution in [0.1, 0.15) is 20.3 Å². The Morgan fingerprint density at radius 2 is 2.21 bits per heavy atom. The van der Waals surface area contributed by atoms with Gasteiger partial charge in [0.25, 0.3) is 0 Å². The third-order valence-electron chi connectivity index (χ3n) is 3.17. The van der Waals surface area contributed by atoms with Crippen LogP contribution in [0.4, 0.5) is 0 Å². The lowest BCUT2D eigenvalue weighted by Gasteiger charge is -2.45. The number of β-amino-alcohol motifs (C(OH)–C–C–N with tert-alkyl or cyclic N) is 1. The molecule has 4 nitrogen and oxygen atoms in total. The Morgan fingerprint density at radius 1 is 1.57 bits per heavy atom. The fourth-order valence-electron chi connectivity index (χ4n) is 2.29. The molecule has 0 aromatic carbocycles. The first-order valence-corrected chi connectivity index (χ1v) is 5.24. The van der Waals surface area contributed by atoms with Crippen LogP contribution in [-0.4, -0.2) is 47.2 Å². The maximum absolute atomic E-state index is 11.9. The van der Waals surface area contributed by atoms with E-state index in [1.165, 1.54) is 0 Å². The number of hydrogen-bond donors (Lipinski definition) is 2. The van der Waals surface area contributed by atoms with Crippen LogP contribution in [0.3, 0.4) is 0 Å². The third kappa shape index (κ3) is 1.64. The molecule has 14 heavy (non-hydrogen) atoms. The van der Waals surface area contributed by atoms with Gasteiger partial charge in [0.1, 0.15) is 0 Å². The smallest absolute Gasteiger partial charge is 0.240 e. The molecule has 80 valence electrons. The molecule has 2 unspecified atom stereocenters. The van der Waals surface area contributed by atoms with E-state index in [9.17, 15) is 9.90 Å². The summed E-state index contributed by atoms with van der Waals surface area (Å²) >= 11 is 0. The molecule has 2 rings (SSSR count). The highest BCUT2D eigenvalue weighted by atomic mass is 16.3. The highest BCUT2D eigenvalue weighted by molar-refractivity contribution is 5.83. The first-order valence-electron chi connectivity index (χ1n) is 5.24. The number of amides is 1. The second-order valence-electron chi connectivity index (χ2n) is 4.89. The van der Waals surface area contributed by atoms with Crippen molar-refractivity contribution in [1.82, 2.24) is 10.2 Å². The minimum absolute atomic E-state index is 0.0221. The van der Waals surface area contributed by atoms with Crippen molar-refractivity contribution in [2.75, 3.05) is 19.6 Å². The van der Waals surface area contributed by atoms with E-state index < -0.39 is 5.60 Å². The van der Waals surface area contributed by atoms with E-state index in [0.717, 1.165) is 13.0 Å². The number of rotatable bonds is 1. The van der Waals surface area contributed by atoms with Crippen molar-refractivity contribution in [3.05, 3.63) is 0 Å². The second-order valence-corrected chi connectivity index (χ2v) is 4.89. The van der Waals surface area contributed by atoms with Crippen molar-refractivity contribution in [2.45, 2.75) is 31.9 Å². The summed E-state index contributed by atoms with van der Waals surface area (Å²) in [4.78, 5) is 13.6. The van der Waals surface area contributed by atoms with E-state index in [1.807, 2.05) is 0 Å². The van der Waals surface area contributed by atoms with Crippen molar-refractivity contribution in [2.24, 2.45) is 5.92 Å². The lowest BCUT2D eigenvalue weighted by molar-refractivity contribution is -0.154. The van der Waals surface area contributed by atoms with Gasteiger partial charge in [0.15, 0.2) is 0 Å². The largest absolute Gasteiger partial charge is 0.386 e. The molecular weight excluding hydrogens is 180 g/mol. The summed E-state index contributed by atoms with van der Waals surface area (Å²) in [6, 6.07) is -0.0221. The summed E-state index contributed by atoms with van der Waals surface area (Å²) in [5.74, 6) is 0.578. The average Bonchev–Trinajstić information content (AvgIpc) is 2.45. The number of hydrogen-bond acceptors (Lipinski definition) is 3. The number of aliphatic hydroxyl groups is 1. The van der Waals surface area contributed by atoms with Gasteiger partial charge in [-0.15, -0.1) is 0 Å². The Morgan fingerprint density at radius 3 is 2.64 bits per heavy atom. The minimum atomic E-state index is -0.655. The van der Waals surface area contributed by atoms with Gasteiger partial charge >= 0.3 is 0 Å². The standard InChI is InChI=1S/C10H18N2O2/c1-7-3-4-11-8(7)9(13)12-5-10(2,14)6-12/h7-8,11,14H,3-6H2,1-2H3. The molecule has 2 N–H and O–H groups in total. The average molecular weight is 198 g/mol. The highest BCUT2D eigenvalue weighted by Crippen LogP contribution is 2.24. The first-order chi connectivity index (χ1) is 6.49. The zero-order valence-corrected chi connectivity index (χ0v) is 8.79. The lowest BCUT2D eigenvalue weighted by atomic mass is 9.94. The van der Waals surface area contributed by atoms with Gasteiger partial charge in [-0.1, -0.05) is 6.92 Å². The van der Waals surface area contributed by atoms with Gasteiger partial charge in [-0.3, -0.25) is 4.79 Å². The summed E-state index contributed by atoms with van der Waals surface area (Å²) in [7, 11) is 0. The molecule has 0 aromatic rings. The normalized spacial score (nSPS) is 35.5. The van der Waals surface area contributed by atoms with Crippen molar-refractivity contribution in [3.8, 4) is 0 Å². The molecule has 0 spiro atoms. The van der Waals surface area contributed by atoms with E-state index in [1.54, 1.807) is 11.8 Å². The number of carbonyl (C=O) groups is 1. The SMILES string of the molecule is CC1CCNC1C(=O)N1CC(C)(O)C1. The fourth-order valence-corrected chi connectivity index (χ4v) is 2.29. The van der Waals surface area contributed by atoms with Gasteiger partial charge < -0.3 is 15.3 Å². The summed E-state index contributed by atoms with van der Waals surface area (Å²) in [6.07, 6.45) is 1.07. The number of carbonyl (C=O) groups excluding carboxylic acids is 1. The Bertz CT molecular complexity index is 245. The van der Waals surface area contributed by atoms with Crippen LogP contribution >= 0.6 is 0 Å². The summed E-state index contributed by atoms with van der Waals surface area (Å²) in [6.45, 7) is 5.76. The first kappa shape index (κ1) is 9.93. The molecule has 4 heteroatoms. The fraction of sp³-hybridized carbons (Fsp3) is 0.900. The molecule has 2 aliphatic heterocycles. The predicted octanol–water partition coefficient (Wildman–Crippen LogP) is -0.422. The molecule has 2 heterocycles. The number of likely N-dealkylation sites (tertiary alicyclic amines) is 1. The summed E-state index contributed by atoms with van der Waals surface area (Å²) < 4.78 is 0. The predicted molar refractivity (Wildman–Crippen MR) is 52.8 cm³/mol. The lowest BCUT2D eigenvalue weighted by Crippen LogP contribution is -2.64. The molecule has 0 saturated carbocycles. The molecule has 0 aliphatic carbocycles. The van der Waals surface area contributed by atoms with Gasteiger partial charge in [-0.2, -0.15) is 0 Å². The zero-order chi connectivity index (χ0) is 10.3. The summed E-state index contributed by atoms with van der Waals surface area (Å²) in [5.41, 5.74) is -0.655. The van der Waals surface area contributed by atoms with Crippen molar-refractivity contribution in [1.29, 1.82) is 0 Å². The van der Waals surface area contributed by atoms with Crippen molar-refractivity contribution in [3.63, 3.8) is 0 Å². The highest BCUT2D eigenvalue weighted by Gasteiger charge is 2.43. The van der Waals surface area contributed by atoms with E-state index in [4.69, 9.17) is 0 Å². The second kappa shape index (κ2) is 3.21. The van der Waals surface area contributed by atoms with Crippen LogP contribution in [0.5, 0.6) is 0 Å². The Labute approximate surface area is 84.3 Å². The quantitative estimate of drug-likeness (QED) is 0.601. The molecule has 2 fully saturated rings. The van der Waals surface area contributed by atoms with Gasteiger partial charge in [0.2, 0.25) is 5.91 Å².